The molecule has 1 aliphatic heterocycles. The summed E-state index contributed by atoms with van der Waals surface area (Å²) in [7, 11) is 0. The zero-order chi connectivity index (χ0) is 14.3. The van der Waals surface area contributed by atoms with E-state index in [1.807, 2.05) is 36.4 Å². The molecule has 0 saturated heterocycles. The number of hydrogen-bond acceptors (Lipinski definition) is 2. The summed E-state index contributed by atoms with van der Waals surface area (Å²) in [4.78, 5) is 0. The Morgan fingerprint density at radius 2 is 2.00 bits per heavy atom. The minimum atomic E-state index is -0.640. The number of halogens is 2. The Kier molecular flexibility index (Phi) is 3.89. The highest BCUT2D eigenvalue weighted by Gasteiger charge is 2.21. The standard InChI is InChI=1S/C16H14Br2O2/c1-9-6-11-7-10(2-5-15(11)20-9)16(19)13-4-3-12(17)8-14(13)18/h2-5,7-9,16,19H,6H2,1H3. The van der Waals surface area contributed by atoms with Gasteiger partial charge < -0.3 is 9.84 Å². The van der Waals surface area contributed by atoms with Crippen molar-refractivity contribution in [2.75, 3.05) is 0 Å². The second kappa shape index (κ2) is 5.51. The summed E-state index contributed by atoms with van der Waals surface area (Å²) < 4.78 is 7.57. The number of aliphatic hydroxyl groups is 1. The molecule has 0 aliphatic carbocycles. The molecule has 0 fully saturated rings. The van der Waals surface area contributed by atoms with E-state index in [-0.39, 0.29) is 6.10 Å². The molecule has 1 heterocycles. The number of rotatable bonds is 2. The fourth-order valence-electron chi connectivity index (χ4n) is 2.51. The minimum Gasteiger partial charge on any atom is -0.490 e. The Labute approximate surface area is 135 Å². The van der Waals surface area contributed by atoms with Crippen LogP contribution in [0.15, 0.2) is 45.3 Å². The molecule has 1 N–H and O–H groups in total. The van der Waals surface area contributed by atoms with Crippen LogP contribution in [0.2, 0.25) is 0 Å². The van der Waals surface area contributed by atoms with Crippen molar-refractivity contribution in [3.05, 3.63) is 62.0 Å². The average molecular weight is 398 g/mol. The monoisotopic (exact) mass is 396 g/mol. The average Bonchev–Trinajstić information content (AvgIpc) is 2.77. The summed E-state index contributed by atoms with van der Waals surface area (Å²) in [5, 5.41) is 10.6. The van der Waals surface area contributed by atoms with Gasteiger partial charge in [0.05, 0.1) is 0 Å². The largest absolute Gasteiger partial charge is 0.490 e. The predicted molar refractivity (Wildman–Crippen MR) is 86.1 cm³/mol. The Morgan fingerprint density at radius 3 is 2.75 bits per heavy atom. The van der Waals surface area contributed by atoms with Crippen molar-refractivity contribution < 1.29 is 9.84 Å². The molecule has 4 heteroatoms. The van der Waals surface area contributed by atoms with E-state index >= 15 is 0 Å². The van der Waals surface area contributed by atoms with Crippen molar-refractivity contribution in [1.82, 2.24) is 0 Å². The molecular formula is C16H14Br2O2. The molecule has 0 amide bonds. The van der Waals surface area contributed by atoms with E-state index in [9.17, 15) is 5.11 Å². The zero-order valence-electron chi connectivity index (χ0n) is 10.9. The van der Waals surface area contributed by atoms with Crippen LogP contribution in [0.25, 0.3) is 0 Å². The van der Waals surface area contributed by atoms with Crippen LogP contribution in [0.3, 0.4) is 0 Å². The van der Waals surface area contributed by atoms with E-state index in [0.29, 0.717) is 0 Å². The van der Waals surface area contributed by atoms with Crippen LogP contribution in [0, 0.1) is 0 Å². The number of hydrogen-bond donors (Lipinski definition) is 1. The SMILES string of the molecule is CC1Cc2cc(C(O)c3ccc(Br)cc3Br)ccc2O1. The quantitative estimate of drug-likeness (QED) is 0.801. The second-order valence-corrected chi connectivity index (χ2v) is 6.84. The fourth-order valence-corrected chi connectivity index (χ4v) is 3.78. The molecule has 2 atom stereocenters. The van der Waals surface area contributed by atoms with Gasteiger partial charge in [-0.25, -0.2) is 0 Å². The number of benzene rings is 2. The van der Waals surface area contributed by atoms with Crippen molar-refractivity contribution in [2.45, 2.75) is 25.6 Å². The van der Waals surface area contributed by atoms with Crippen molar-refractivity contribution >= 4 is 31.9 Å². The highest BCUT2D eigenvalue weighted by Crippen LogP contribution is 2.35. The predicted octanol–water partition coefficient (Wildman–Crippen LogP) is 4.62. The Morgan fingerprint density at radius 1 is 1.20 bits per heavy atom. The molecule has 0 bridgehead atoms. The zero-order valence-corrected chi connectivity index (χ0v) is 14.1. The summed E-state index contributed by atoms with van der Waals surface area (Å²) in [5.74, 6) is 0.934. The van der Waals surface area contributed by atoms with Gasteiger partial charge in [0.2, 0.25) is 0 Å². The van der Waals surface area contributed by atoms with Crippen LogP contribution in [-0.2, 0) is 6.42 Å². The van der Waals surface area contributed by atoms with Crippen LogP contribution in [-0.4, -0.2) is 11.2 Å². The summed E-state index contributed by atoms with van der Waals surface area (Å²) >= 11 is 6.92. The lowest BCUT2D eigenvalue weighted by Crippen LogP contribution is -2.05. The van der Waals surface area contributed by atoms with E-state index in [2.05, 4.69) is 38.8 Å². The molecule has 2 aromatic carbocycles. The smallest absolute Gasteiger partial charge is 0.123 e. The molecule has 2 unspecified atom stereocenters. The second-order valence-electron chi connectivity index (χ2n) is 5.07. The topological polar surface area (TPSA) is 29.5 Å². The first kappa shape index (κ1) is 14.1. The molecule has 0 saturated carbocycles. The lowest BCUT2D eigenvalue weighted by Gasteiger charge is -2.14. The summed E-state index contributed by atoms with van der Waals surface area (Å²) in [6, 6.07) is 11.7. The van der Waals surface area contributed by atoms with Gasteiger partial charge in [-0.1, -0.05) is 44.0 Å². The van der Waals surface area contributed by atoms with Gasteiger partial charge >= 0.3 is 0 Å². The molecule has 3 rings (SSSR count). The maximum absolute atomic E-state index is 10.6. The maximum Gasteiger partial charge on any atom is 0.123 e. The Balaban J connectivity index is 1.95. The van der Waals surface area contributed by atoms with E-state index in [4.69, 9.17) is 4.74 Å². The maximum atomic E-state index is 10.6. The van der Waals surface area contributed by atoms with Gasteiger partial charge in [0, 0.05) is 15.4 Å². The molecule has 0 radical (unpaired) electrons. The van der Waals surface area contributed by atoms with Crippen molar-refractivity contribution in [3.63, 3.8) is 0 Å². The van der Waals surface area contributed by atoms with Gasteiger partial charge in [-0.2, -0.15) is 0 Å². The van der Waals surface area contributed by atoms with Crippen molar-refractivity contribution in [2.24, 2.45) is 0 Å². The van der Waals surface area contributed by atoms with Gasteiger partial charge in [-0.05, 0) is 47.9 Å². The van der Waals surface area contributed by atoms with E-state index in [1.165, 1.54) is 5.56 Å². The third-order valence-corrected chi connectivity index (χ3v) is 4.67. The van der Waals surface area contributed by atoms with E-state index in [1.54, 1.807) is 0 Å². The van der Waals surface area contributed by atoms with E-state index in [0.717, 1.165) is 32.2 Å². The molecule has 20 heavy (non-hydrogen) atoms. The van der Waals surface area contributed by atoms with Gasteiger partial charge in [0.15, 0.2) is 0 Å². The van der Waals surface area contributed by atoms with Crippen LogP contribution in [0.4, 0.5) is 0 Å². The molecule has 0 aromatic heterocycles. The van der Waals surface area contributed by atoms with E-state index < -0.39 is 6.10 Å². The third kappa shape index (κ3) is 2.65. The first-order valence-electron chi connectivity index (χ1n) is 6.47. The highest BCUT2D eigenvalue weighted by atomic mass is 79.9. The van der Waals surface area contributed by atoms with Gasteiger partial charge in [0.1, 0.15) is 18.0 Å². The fraction of sp³-hybridized carbons (Fsp3) is 0.250. The first-order chi connectivity index (χ1) is 9.54. The number of ether oxygens (including phenoxy) is 1. The lowest BCUT2D eigenvalue weighted by atomic mass is 9.98. The minimum absolute atomic E-state index is 0.219. The van der Waals surface area contributed by atoms with Crippen LogP contribution in [0.5, 0.6) is 5.75 Å². The normalized spacial score (nSPS) is 18.5. The summed E-state index contributed by atoms with van der Waals surface area (Å²) in [6.07, 6.45) is 0.479. The number of aliphatic hydroxyl groups excluding tert-OH is 1. The highest BCUT2D eigenvalue weighted by molar-refractivity contribution is 9.11. The first-order valence-corrected chi connectivity index (χ1v) is 8.05. The Hall–Kier alpha value is -0.840. The van der Waals surface area contributed by atoms with Gasteiger partial charge in [-0.15, -0.1) is 0 Å². The van der Waals surface area contributed by atoms with Crippen molar-refractivity contribution in [3.8, 4) is 5.75 Å². The number of fused-ring (bicyclic) bond motifs is 1. The lowest BCUT2D eigenvalue weighted by molar-refractivity contribution is 0.219. The molecule has 0 spiro atoms. The van der Waals surface area contributed by atoms with Crippen LogP contribution < -0.4 is 4.74 Å². The Bertz CT molecular complexity index is 655. The molecule has 1 aliphatic rings. The molecular weight excluding hydrogens is 384 g/mol. The van der Waals surface area contributed by atoms with Crippen LogP contribution in [0.1, 0.15) is 29.7 Å². The molecule has 2 aromatic rings. The summed E-state index contributed by atoms with van der Waals surface area (Å²) in [6.45, 7) is 2.06. The van der Waals surface area contributed by atoms with Crippen molar-refractivity contribution in [1.29, 1.82) is 0 Å². The van der Waals surface area contributed by atoms with Gasteiger partial charge in [-0.3, -0.25) is 0 Å². The molecule has 104 valence electrons. The molecule has 2 nitrogen and oxygen atoms in total. The van der Waals surface area contributed by atoms with Crippen LogP contribution >= 0.6 is 31.9 Å². The van der Waals surface area contributed by atoms with Gasteiger partial charge in [0.25, 0.3) is 0 Å². The summed E-state index contributed by atoms with van der Waals surface area (Å²) in [5.41, 5.74) is 2.92. The third-order valence-electron chi connectivity index (χ3n) is 3.49.